The Bertz CT molecular complexity index is 902. The minimum Gasteiger partial charge on any atom is -0.506 e. The van der Waals surface area contributed by atoms with Crippen LogP contribution in [0.2, 0.25) is 5.02 Å². The predicted molar refractivity (Wildman–Crippen MR) is 116 cm³/mol. The number of phenolic OH excluding ortho intramolecular Hbond substituents is 1. The minimum absolute atomic E-state index is 0.0577. The standard InChI is InChI=1S/C18H21BrClN7O2/c19-14-10-13(20)9-12(15(14)28)11-21-25-16-22-17(26-3-1-2-4-26)24-18(23-16)27-5-7-29-8-6-27/h9-11,28H,1-8H2,(H,22,23,24,25)/b21-11+. The second-order valence-corrected chi connectivity index (χ2v) is 8.04. The summed E-state index contributed by atoms with van der Waals surface area (Å²) in [5, 5.41) is 14.8. The van der Waals surface area contributed by atoms with E-state index in [2.05, 4.69) is 51.2 Å². The molecule has 0 aliphatic carbocycles. The van der Waals surface area contributed by atoms with Crippen molar-refractivity contribution < 1.29 is 9.84 Å². The number of nitrogens with one attached hydrogen (secondary N) is 1. The Morgan fingerprint density at radius 3 is 2.41 bits per heavy atom. The van der Waals surface area contributed by atoms with Gasteiger partial charge >= 0.3 is 0 Å². The third kappa shape index (κ3) is 4.88. The zero-order valence-electron chi connectivity index (χ0n) is 15.7. The first kappa shape index (κ1) is 20.1. The molecular weight excluding hydrogens is 462 g/mol. The lowest BCUT2D eigenvalue weighted by Gasteiger charge is -2.27. The molecule has 1 aromatic carbocycles. The van der Waals surface area contributed by atoms with Gasteiger partial charge in [-0.25, -0.2) is 5.43 Å². The molecule has 2 aromatic rings. The van der Waals surface area contributed by atoms with Crippen molar-refractivity contribution in [1.82, 2.24) is 15.0 Å². The van der Waals surface area contributed by atoms with Crippen LogP contribution < -0.4 is 15.2 Å². The molecule has 0 bridgehead atoms. The van der Waals surface area contributed by atoms with E-state index in [1.54, 1.807) is 12.1 Å². The first-order valence-corrected chi connectivity index (χ1v) is 10.6. The summed E-state index contributed by atoms with van der Waals surface area (Å²) in [4.78, 5) is 17.9. The number of rotatable bonds is 5. The number of hydrazone groups is 1. The summed E-state index contributed by atoms with van der Waals surface area (Å²) >= 11 is 9.30. The maximum Gasteiger partial charge on any atom is 0.250 e. The van der Waals surface area contributed by atoms with Crippen LogP contribution in [-0.2, 0) is 4.74 Å². The van der Waals surface area contributed by atoms with Crippen molar-refractivity contribution in [2.24, 2.45) is 5.10 Å². The predicted octanol–water partition coefficient (Wildman–Crippen LogP) is 2.88. The van der Waals surface area contributed by atoms with Crippen LogP contribution >= 0.6 is 27.5 Å². The maximum atomic E-state index is 10.1. The molecule has 0 amide bonds. The second kappa shape index (κ2) is 9.10. The molecule has 1 aromatic heterocycles. The maximum absolute atomic E-state index is 10.1. The van der Waals surface area contributed by atoms with Gasteiger partial charge in [0.1, 0.15) is 5.75 Å². The van der Waals surface area contributed by atoms with E-state index < -0.39 is 0 Å². The fraction of sp³-hybridized carbons (Fsp3) is 0.444. The summed E-state index contributed by atoms with van der Waals surface area (Å²) in [6.45, 7) is 4.62. The number of halogens is 2. The van der Waals surface area contributed by atoms with Crippen LogP contribution in [0.15, 0.2) is 21.7 Å². The fourth-order valence-corrected chi connectivity index (χ4v) is 4.05. The van der Waals surface area contributed by atoms with Crippen molar-refractivity contribution in [2.45, 2.75) is 12.8 Å². The van der Waals surface area contributed by atoms with E-state index in [-0.39, 0.29) is 5.75 Å². The molecule has 2 N–H and O–H groups in total. The SMILES string of the molecule is Oc1c(Br)cc(Cl)cc1/C=N/Nc1nc(N2CCCC2)nc(N2CCOCC2)n1. The molecule has 0 unspecified atom stereocenters. The Morgan fingerprint density at radius 2 is 1.72 bits per heavy atom. The highest BCUT2D eigenvalue weighted by molar-refractivity contribution is 9.10. The van der Waals surface area contributed by atoms with Gasteiger partial charge in [0.15, 0.2) is 0 Å². The van der Waals surface area contributed by atoms with E-state index in [4.69, 9.17) is 16.3 Å². The van der Waals surface area contributed by atoms with Gasteiger partial charge in [-0.1, -0.05) is 11.6 Å². The summed E-state index contributed by atoms with van der Waals surface area (Å²) < 4.78 is 5.92. The topological polar surface area (TPSA) is 99.0 Å². The van der Waals surface area contributed by atoms with Gasteiger partial charge in [-0.15, -0.1) is 0 Å². The number of morpholine rings is 1. The van der Waals surface area contributed by atoms with Crippen molar-refractivity contribution in [3.8, 4) is 5.75 Å². The molecule has 0 radical (unpaired) electrons. The number of hydrogen-bond donors (Lipinski definition) is 2. The Morgan fingerprint density at radius 1 is 1.07 bits per heavy atom. The molecule has 2 saturated heterocycles. The molecule has 0 saturated carbocycles. The third-order valence-electron chi connectivity index (χ3n) is 4.72. The summed E-state index contributed by atoms with van der Waals surface area (Å²) in [5.41, 5.74) is 3.33. The van der Waals surface area contributed by atoms with Gasteiger partial charge in [-0.3, -0.25) is 0 Å². The van der Waals surface area contributed by atoms with Gasteiger partial charge in [0, 0.05) is 36.8 Å². The number of anilines is 3. The summed E-state index contributed by atoms with van der Waals surface area (Å²) in [6, 6.07) is 3.24. The van der Waals surface area contributed by atoms with E-state index in [1.165, 1.54) is 6.21 Å². The quantitative estimate of drug-likeness (QED) is 0.496. The lowest BCUT2D eigenvalue weighted by atomic mass is 10.2. The van der Waals surface area contributed by atoms with Gasteiger partial charge in [0.25, 0.3) is 0 Å². The highest BCUT2D eigenvalue weighted by Crippen LogP contribution is 2.30. The average Bonchev–Trinajstić information content (AvgIpc) is 3.27. The van der Waals surface area contributed by atoms with Crippen LogP contribution in [-0.4, -0.2) is 65.7 Å². The molecule has 0 spiro atoms. The Balaban J connectivity index is 1.57. The van der Waals surface area contributed by atoms with Crippen LogP contribution in [0.5, 0.6) is 5.75 Å². The number of aromatic hydroxyl groups is 1. The number of aromatic nitrogens is 3. The smallest absolute Gasteiger partial charge is 0.250 e. The second-order valence-electron chi connectivity index (χ2n) is 6.75. The molecule has 2 fully saturated rings. The Labute approximate surface area is 181 Å². The van der Waals surface area contributed by atoms with Crippen LogP contribution in [0.25, 0.3) is 0 Å². The molecule has 2 aliphatic heterocycles. The van der Waals surface area contributed by atoms with Crippen LogP contribution in [0.3, 0.4) is 0 Å². The van der Waals surface area contributed by atoms with Gasteiger partial charge in [-0.2, -0.15) is 20.1 Å². The zero-order valence-corrected chi connectivity index (χ0v) is 18.0. The van der Waals surface area contributed by atoms with Crippen molar-refractivity contribution in [2.75, 3.05) is 54.6 Å². The van der Waals surface area contributed by atoms with Gasteiger partial charge < -0.3 is 19.6 Å². The normalized spacial score (nSPS) is 17.3. The molecule has 9 nitrogen and oxygen atoms in total. The number of hydrogen-bond acceptors (Lipinski definition) is 9. The third-order valence-corrected chi connectivity index (χ3v) is 5.54. The number of benzene rings is 1. The van der Waals surface area contributed by atoms with Crippen molar-refractivity contribution >= 4 is 51.6 Å². The molecule has 11 heteroatoms. The van der Waals surface area contributed by atoms with E-state index >= 15 is 0 Å². The molecule has 3 heterocycles. The van der Waals surface area contributed by atoms with E-state index in [0.29, 0.717) is 46.1 Å². The fourth-order valence-electron chi connectivity index (χ4n) is 3.21. The molecule has 29 heavy (non-hydrogen) atoms. The van der Waals surface area contributed by atoms with E-state index in [9.17, 15) is 5.11 Å². The summed E-state index contributed by atoms with van der Waals surface area (Å²) in [7, 11) is 0. The molecular formula is C18H21BrClN7O2. The van der Waals surface area contributed by atoms with Crippen molar-refractivity contribution in [3.05, 3.63) is 27.2 Å². The molecule has 4 rings (SSSR count). The average molecular weight is 483 g/mol. The van der Waals surface area contributed by atoms with Crippen LogP contribution in [0.4, 0.5) is 17.8 Å². The molecule has 2 aliphatic rings. The summed E-state index contributed by atoms with van der Waals surface area (Å²) in [5.74, 6) is 1.66. The highest BCUT2D eigenvalue weighted by atomic mass is 79.9. The molecule has 154 valence electrons. The Hall–Kier alpha value is -2.17. The monoisotopic (exact) mass is 481 g/mol. The van der Waals surface area contributed by atoms with Gasteiger partial charge in [0.05, 0.1) is 23.9 Å². The van der Waals surface area contributed by atoms with Gasteiger partial charge in [0.2, 0.25) is 17.8 Å². The zero-order chi connectivity index (χ0) is 20.2. The van der Waals surface area contributed by atoms with E-state index in [0.717, 1.165) is 39.0 Å². The van der Waals surface area contributed by atoms with Crippen molar-refractivity contribution in [3.63, 3.8) is 0 Å². The van der Waals surface area contributed by atoms with Crippen LogP contribution in [0, 0.1) is 0 Å². The first-order chi connectivity index (χ1) is 14.1. The lowest BCUT2D eigenvalue weighted by Crippen LogP contribution is -2.38. The van der Waals surface area contributed by atoms with Gasteiger partial charge in [-0.05, 0) is 40.9 Å². The Kier molecular flexibility index (Phi) is 6.31. The first-order valence-electron chi connectivity index (χ1n) is 9.41. The van der Waals surface area contributed by atoms with E-state index in [1.807, 2.05) is 0 Å². The number of ether oxygens (including phenoxy) is 1. The number of nitrogens with zero attached hydrogens (tertiary/aromatic N) is 6. The highest BCUT2D eigenvalue weighted by Gasteiger charge is 2.21. The van der Waals surface area contributed by atoms with Crippen LogP contribution in [0.1, 0.15) is 18.4 Å². The van der Waals surface area contributed by atoms with Crippen molar-refractivity contribution in [1.29, 1.82) is 0 Å². The summed E-state index contributed by atoms with van der Waals surface area (Å²) in [6.07, 6.45) is 3.73. The largest absolute Gasteiger partial charge is 0.506 e. The lowest BCUT2D eigenvalue weighted by molar-refractivity contribution is 0.122. The molecule has 0 atom stereocenters. The minimum atomic E-state index is 0.0577. The number of phenols is 1.